The number of likely N-dealkylation sites (tertiary alicyclic amines) is 1. The van der Waals surface area contributed by atoms with Gasteiger partial charge in [0, 0.05) is 19.6 Å². The summed E-state index contributed by atoms with van der Waals surface area (Å²) in [6.07, 6.45) is 2.55. The van der Waals surface area contributed by atoms with Crippen molar-refractivity contribution in [2.45, 2.75) is 45.8 Å². The maximum absolute atomic E-state index is 11.9. The van der Waals surface area contributed by atoms with Gasteiger partial charge in [-0.25, -0.2) is 0 Å². The van der Waals surface area contributed by atoms with E-state index in [-0.39, 0.29) is 18.1 Å². The number of rotatable bonds is 6. The summed E-state index contributed by atoms with van der Waals surface area (Å²) in [4.78, 5) is 13.8. The van der Waals surface area contributed by atoms with Gasteiger partial charge in [0.2, 0.25) is 5.91 Å². The van der Waals surface area contributed by atoms with Crippen molar-refractivity contribution < 1.29 is 9.53 Å². The topological polar surface area (TPSA) is 41.6 Å². The van der Waals surface area contributed by atoms with E-state index in [0.29, 0.717) is 6.61 Å². The maximum atomic E-state index is 11.9. The van der Waals surface area contributed by atoms with Crippen LogP contribution in [-0.4, -0.2) is 49.2 Å². The summed E-state index contributed by atoms with van der Waals surface area (Å²) in [5.74, 6) is 0.224. The number of nitrogens with one attached hydrogen (secondary N) is 1. The molecule has 0 bridgehead atoms. The van der Waals surface area contributed by atoms with Crippen LogP contribution in [0.4, 0.5) is 0 Å². The van der Waals surface area contributed by atoms with Crippen LogP contribution in [-0.2, 0) is 9.53 Å². The van der Waals surface area contributed by atoms with Crippen LogP contribution in [0.3, 0.4) is 0 Å². The van der Waals surface area contributed by atoms with Gasteiger partial charge in [0.15, 0.2) is 0 Å². The summed E-state index contributed by atoms with van der Waals surface area (Å²) in [7, 11) is 0. The fourth-order valence-corrected chi connectivity index (χ4v) is 1.87. The molecule has 0 aromatic rings. The Morgan fingerprint density at radius 1 is 1.31 bits per heavy atom. The van der Waals surface area contributed by atoms with Crippen molar-refractivity contribution in [3.8, 4) is 0 Å². The molecule has 4 heteroatoms. The second-order valence-corrected chi connectivity index (χ2v) is 4.63. The van der Waals surface area contributed by atoms with Gasteiger partial charge in [-0.2, -0.15) is 0 Å². The number of ether oxygens (including phenoxy) is 1. The minimum atomic E-state index is -0.0890. The van der Waals surface area contributed by atoms with E-state index < -0.39 is 0 Å². The highest BCUT2D eigenvalue weighted by molar-refractivity contribution is 5.81. The summed E-state index contributed by atoms with van der Waals surface area (Å²) >= 11 is 0. The zero-order valence-electron chi connectivity index (χ0n) is 10.7. The van der Waals surface area contributed by atoms with E-state index in [1.54, 1.807) is 0 Å². The molecule has 0 aromatic heterocycles. The fraction of sp³-hybridized carbons (Fsp3) is 0.917. The number of carbonyl (C=O) groups excluding carboxylic acids is 1. The monoisotopic (exact) mass is 228 g/mol. The molecule has 1 unspecified atom stereocenters. The predicted octanol–water partition coefficient (Wildman–Crippen LogP) is 1.01. The van der Waals surface area contributed by atoms with Gasteiger partial charge >= 0.3 is 0 Å². The second-order valence-electron chi connectivity index (χ2n) is 4.63. The highest BCUT2D eigenvalue weighted by atomic mass is 16.5. The first-order valence-corrected chi connectivity index (χ1v) is 6.25. The molecule has 1 fully saturated rings. The van der Waals surface area contributed by atoms with Crippen LogP contribution in [0.5, 0.6) is 0 Å². The maximum Gasteiger partial charge on any atom is 0.239 e. The molecule has 94 valence electrons. The van der Waals surface area contributed by atoms with Crippen molar-refractivity contribution in [3.63, 3.8) is 0 Å². The van der Waals surface area contributed by atoms with Crippen molar-refractivity contribution in [2.75, 3.05) is 26.2 Å². The summed E-state index contributed by atoms with van der Waals surface area (Å²) < 4.78 is 5.41. The molecule has 1 aliphatic heterocycles. The van der Waals surface area contributed by atoms with Crippen molar-refractivity contribution in [2.24, 2.45) is 0 Å². The van der Waals surface area contributed by atoms with Gasteiger partial charge in [-0.1, -0.05) is 0 Å². The molecular formula is C12H24N2O2. The number of amides is 1. The van der Waals surface area contributed by atoms with Crippen LogP contribution in [0.1, 0.15) is 33.6 Å². The minimum Gasteiger partial charge on any atom is -0.377 e. The van der Waals surface area contributed by atoms with Gasteiger partial charge in [0.1, 0.15) is 0 Å². The lowest BCUT2D eigenvalue weighted by Crippen LogP contribution is -2.44. The molecule has 1 heterocycles. The Morgan fingerprint density at radius 3 is 2.50 bits per heavy atom. The SMILES string of the molecule is CC(C)OCCNC(C)C(=O)N1CCCC1. The summed E-state index contributed by atoms with van der Waals surface area (Å²) in [5, 5.41) is 3.20. The lowest BCUT2D eigenvalue weighted by atomic mass is 10.3. The standard InChI is InChI=1S/C12H24N2O2/c1-10(2)16-9-6-13-11(3)12(15)14-7-4-5-8-14/h10-11,13H,4-9H2,1-3H3. The van der Waals surface area contributed by atoms with Gasteiger partial charge in [-0.05, 0) is 33.6 Å². The van der Waals surface area contributed by atoms with Crippen molar-refractivity contribution in [3.05, 3.63) is 0 Å². The van der Waals surface area contributed by atoms with E-state index in [9.17, 15) is 4.79 Å². The molecular weight excluding hydrogens is 204 g/mol. The summed E-state index contributed by atoms with van der Waals surface area (Å²) in [6, 6.07) is -0.0890. The molecule has 4 nitrogen and oxygen atoms in total. The molecule has 1 atom stereocenters. The van der Waals surface area contributed by atoms with E-state index in [1.807, 2.05) is 25.7 Å². The predicted molar refractivity (Wildman–Crippen MR) is 64.4 cm³/mol. The highest BCUT2D eigenvalue weighted by Crippen LogP contribution is 2.08. The van der Waals surface area contributed by atoms with E-state index >= 15 is 0 Å². The van der Waals surface area contributed by atoms with Crippen molar-refractivity contribution in [1.29, 1.82) is 0 Å². The second kappa shape index (κ2) is 6.86. The minimum absolute atomic E-state index is 0.0890. The first-order chi connectivity index (χ1) is 7.61. The number of nitrogens with zero attached hydrogens (tertiary/aromatic N) is 1. The Bertz CT molecular complexity index is 213. The average molecular weight is 228 g/mol. The lowest BCUT2D eigenvalue weighted by molar-refractivity contribution is -0.132. The third-order valence-corrected chi connectivity index (χ3v) is 2.79. The number of hydrogen-bond donors (Lipinski definition) is 1. The van der Waals surface area contributed by atoms with Gasteiger partial charge in [-0.15, -0.1) is 0 Å². The zero-order valence-corrected chi connectivity index (χ0v) is 10.7. The molecule has 0 saturated carbocycles. The van der Waals surface area contributed by atoms with Gasteiger partial charge < -0.3 is 15.0 Å². The molecule has 1 amide bonds. The first kappa shape index (κ1) is 13.5. The third-order valence-electron chi connectivity index (χ3n) is 2.79. The van der Waals surface area contributed by atoms with E-state index in [2.05, 4.69) is 5.32 Å². The van der Waals surface area contributed by atoms with Crippen LogP contribution >= 0.6 is 0 Å². The van der Waals surface area contributed by atoms with Gasteiger partial charge in [-0.3, -0.25) is 4.79 Å². The van der Waals surface area contributed by atoms with Crippen molar-refractivity contribution >= 4 is 5.91 Å². The molecule has 1 N–H and O–H groups in total. The Kier molecular flexibility index (Phi) is 5.77. The molecule has 16 heavy (non-hydrogen) atoms. The van der Waals surface area contributed by atoms with Crippen LogP contribution in [0, 0.1) is 0 Å². The lowest BCUT2D eigenvalue weighted by Gasteiger charge is -2.21. The third kappa shape index (κ3) is 4.49. The van der Waals surface area contributed by atoms with Gasteiger partial charge in [0.05, 0.1) is 18.8 Å². The normalized spacial score (nSPS) is 18.1. The van der Waals surface area contributed by atoms with Crippen LogP contribution in [0.25, 0.3) is 0 Å². The highest BCUT2D eigenvalue weighted by Gasteiger charge is 2.22. The van der Waals surface area contributed by atoms with Crippen LogP contribution in [0.2, 0.25) is 0 Å². The zero-order chi connectivity index (χ0) is 12.0. The first-order valence-electron chi connectivity index (χ1n) is 6.25. The number of carbonyl (C=O) groups is 1. The summed E-state index contributed by atoms with van der Waals surface area (Å²) in [5.41, 5.74) is 0. The number of hydrogen-bond acceptors (Lipinski definition) is 3. The largest absolute Gasteiger partial charge is 0.377 e. The average Bonchev–Trinajstić information content (AvgIpc) is 2.76. The molecule has 0 radical (unpaired) electrons. The van der Waals surface area contributed by atoms with Gasteiger partial charge in [0.25, 0.3) is 0 Å². The molecule has 1 rings (SSSR count). The Labute approximate surface area is 98.3 Å². The Hall–Kier alpha value is -0.610. The molecule has 0 aromatic carbocycles. The van der Waals surface area contributed by atoms with Crippen molar-refractivity contribution in [1.82, 2.24) is 10.2 Å². The Balaban J connectivity index is 2.13. The smallest absolute Gasteiger partial charge is 0.239 e. The molecule has 1 aliphatic rings. The Morgan fingerprint density at radius 2 is 1.94 bits per heavy atom. The molecule has 1 saturated heterocycles. The van der Waals surface area contributed by atoms with E-state index in [4.69, 9.17) is 4.74 Å². The van der Waals surface area contributed by atoms with Crippen LogP contribution < -0.4 is 5.32 Å². The molecule has 0 aliphatic carbocycles. The fourth-order valence-electron chi connectivity index (χ4n) is 1.87. The van der Waals surface area contributed by atoms with E-state index in [0.717, 1.165) is 32.5 Å². The summed E-state index contributed by atoms with van der Waals surface area (Å²) in [6.45, 7) is 9.20. The quantitative estimate of drug-likeness (QED) is 0.690. The molecule has 0 spiro atoms. The van der Waals surface area contributed by atoms with E-state index in [1.165, 1.54) is 0 Å². The van der Waals surface area contributed by atoms with Crippen LogP contribution in [0.15, 0.2) is 0 Å².